The van der Waals surface area contributed by atoms with Crippen LogP contribution in [0, 0.1) is 0 Å². The molecule has 0 radical (unpaired) electrons. The van der Waals surface area contributed by atoms with Crippen LogP contribution in [0.4, 0.5) is 11.4 Å². The number of fused-ring (bicyclic) bond motifs is 1. The Kier molecular flexibility index (Phi) is 5.96. The van der Waals surface area contributed by atoms with Gasteiger partial charge in [0, 0.05) is 18.2 Å². The fraction of sp³-hybridized carbons (Fsp3) is 0.300. The second kappa shape index (κ2) is 8.38. The van der Waals surface area contributed by atoms with E-state index < -0.39 is 6.10 Å². The smallest absolute Gasteiger partial charge is 0.237 e. The number of anilines is 2. The first-order valence-corrected chi connectivity index (χ1v) is 9.73. The van der Waals surface area contributed by atoms with E-state index in [1.54, 1.807) is 11.0 Å². The Morgan fingerprint density at radius 3 is 2.69 bits per heavy atom. The van der Waals surface area contributed by atoms with E-state index in [0.29, 0.717) is 11.4 Å². The molecule has 2 aromatic rings. The number of carbonyl (C=O) groups excluding carboxylic acids is 2. The van der Waals surface area contributed by atoms with Crippen LogP contribution in [0.25, 0.3) is 0 Å². The molecular weight excluding hydrogens is 348 g/mol. The van der Waals surface area contributed by atoms with Crippen LogP contribution >= 0.6 is 11.8 Å². The van der Waals surface area contributed by atoms with Gasteiger partial charge in [-0.05, 0) is 24.6 Å². The average Bonchev–Trinajstić information content (AvgIpc) is 2.76. The predicted molar refractivity (Wildman–Crippen MR) is 105 cm³/mol. The fourth-order valence-corrected chi connectivity index (χ4v) is 3.91. The molecule has 2 amide bonds. The first kappa shape index (κ1) is 18.5. The van der Waals surface area contributed by atoms with E-state index in [0.717, 1.165) is 11.3 Å². The maximum Gasteiger partial charge on any atom is 0.237 e. The molecule has 2 N–H and O–H groups in total. The van der Waals surface area contributed by atoms with Gasteiger partial charge in [-0.3, -0.25) is 9.59 Å². The van der Waals surface area contributed by atoms with Gasteiger partial charge >= 0.3 is 0 Å². The molecule has 6 heteroatoms. The molecule has 5 nitrogen and oxygen atoms in total. The number of thioether (sulfide) groups is 1. The van der Waals surface area contributed by atoms with E-state index in [4.69, 9.17) is 0 Å². The van der Waals surface area contributed by atoms with Crippen molar-refractivity contribution < 1.29 is 14.7 Å². The summed E-state index contributed by atoms with van der Waals surface area (Å²) in [7, 11) is 0. The van der Waals surface area contributed by atoms with Gasteiger partial charge in [-0.25, -0.2) is 0 Å². The van der Waals surface area contributed by atoms with Crippen LogP contribution in [0.5, 0.6) is 0 Å². The zero-order valence-electron chi connectivity index (χ0n) is 14.6. The van der Waals surface area contributed by atoms with Crippen molar-refractivity contribution in [2.45, 2.75) is 25.5 Å². The molecule has 0 bridgehead atoms. The Hall–Kier alpha value is -2.31. The maximum atomic E-state index is 12.8. The number of hydrogen-bond acceptors (Lipinski definition) is 4. The van der Waals surface area contributed by atoms with Gasteiger partial charge in [-0.2, -0.15) is 0 Å². The standard InChI is InChI=1S/C20H22N2O3S/c1-14-11-19(24)21-16-9-5-6-10-17(16)22(14)20(25)13-26-12-18(23)15-7-3-2-4-8-15/h2-10,14,18,23H,11-13H2,1H3,(H,21,24)/t14-,18+/m1/s1. The molecule has 2 aromatic carbocycles. The summed E-state index contributed by atoms with van der Waals surface area (Å²) in [6, 6.07) is 16.5. The summed E-state index contributed by atoms with van der Waals surface area (Å²) < 4.78 is 0. The first-order chi connectivity index (χ1) is 12.6. The van der Waals surface area contributed by atoms with Gasteiger partial charge in [0.05, 0.1) is 23.2 Å². The van der Waals surface area contributed by atoms with Crippen LogP contribution in [0.1, 0.15) is 25.0 Å². The third kappa shape index (κ3) is 4.26. The molecule has 1 heterocycles. The molecule has 0 spiro atoms. The molecule has 0 fully saturated rings. The lowest BCUT2D eigenvalue weighted by Gasteiger charge is -2.28. The van der Waals surface area contributed by atoms with Gasteiger partial charge in [0.1, 0.15) is 0 Å². The molecular formula is C20H22N2O3S. The minimum Gasteiger partial charge on any atom is -0.388 e. The molecule has 1 aliphatic heterocycles. The fourth-order valence-electron chi connectivity index (χ4n) is 3.07. The molecule has 26 heavy (non-hydrogen) atoms. The Morgan fingerprint density at radius 1 is 1.23 bits per heavy atom. The lowest BCUT2D eigenvalue weighted by molar-refractivity contribution is -0.117. The van der Waals surface area contributed by atoms with Crippen LogP contribution in [0.15, 0.2) is 54.6 Å². The second-order valence-electron chi connectivity index (χ2n) is 6.32. The highest BCUT2D eigenvalue weighted by molar-refractivity contribution is 8.00. The van der Waals surface area contributed by atoms with E-state index in [-0.39, 0.29) is 30.0 Å². The molecule has 3 rings (SSSR count). The van der Waals surface area contributed by atoms with Crippen molar-refractivity contribution in [1.29, 1.82) is 0 Å². The largest absolute Gasteiger partial charge is 0.388 e. The Morgan fingerprint density at radius 2 is 1.92 bits per heavy atom. The molecule has 0 unspecified atom stereocenters. The molecule has 0 aromatic heterocycles. The Bertz CT molecular complexity index is 782. The van der Waals surface area contributed by atoms with Crippen molar-refractivity contribution in [2.24, 2.45) is 0 Å². The number of aliphatic hydroxyl groups excluding tert-OH is 1. The number of hydrogen-bond donors (Lipinski definition) is 2. The summed E-state index contributed by atoms with van der Waals surface area (Å²) in [4.78, 5) is 26.5. The van der Waals surface area contributed by atoms with Crippen LogP contribution < -0.4 is 10.2 Å². The summed E-state index contributed by atoms with van der Waals surface area (Å²) in [6.07, 6.45) is -0.344. The number of para-hydroxylation sites is 2. The van der Waals surface area contributed by atoms with E-state index in [1.165, 1.54) is 11.8 Å². The predicted octanol–water partition coefficient (Wildman–Crippen LogP) is 3.22. The summed E-state index contributed by atoms with van der Waals surface area (Å²) >= 11 is 1.40. The zero-order chi connectivity index (χ0) is 18.5. The molecule has 0 saturated carbocycles. The second-order valence-corrected chi connectivity index (χ2v) is 7.35. The van der Waals surface area contributed by atoms with E-state index in [9.17, 15) is 14.7 Å². The van der Waals surface area contributed by atoms with Crippen molar-refractivity contribution in [2.75, 3.05) is 21.7 Å². The third-order valence-electron chi connectivity index (χ3n) is 4.31. The van der Waals surface area contributed by atoms with Crippen LogP contribution in [-0.2, 0) is 9.59 Å². The molecule has 136 valence electrons. The van der Waals surface area contributed by atoms with Crippen molar-refractivity contribution in [3.8, 4) is 0 Å². The molecule has 0 saturated heterocycles. The molecule has 2 atom stereocenters. The van der Waals surface area contributed by atoms with Gasteiger partial charge in [-0.1, -0.05) is 42.5 Å². The topological polar surface area (TPSA) is 69.6 Å². The molecule has 1 aliphatic rings. The lowest BCUT2D eigenvalue weighted by atomic mass is 10.1. The lowest BCUT2D eigenvalue weighted by Crippen LogP contribution is -2.40. The number of carbonyl (C=O) groups is 2. The van der Waals surface area contributed by atoms with E-state index >= 15 is 0 Å². The summed E-state index contributed by atoms with van der Waals surface area (Å²) in [5, 5.41) is 13.1. The Balaban J connectivity index is 1.66. The number of amides is 2. The van der Waals surface area contributed by atoms with E-state index in [2.05, 4.69) is 5.32 Å². The minimum atomic E-state index is -0.605. The van der Waals surface area contributed by atoms with E-state index in [1.807, 2.05) is 55.5 Å². The normalized spacial score (nSPS) is 17.8. The number of aliphatic hydroxyl groups is 1. The van der Waals surface area contributed by atoms with Crippen LogP contribution in [0.2, 0.25) is 0 Å². The number of benzene rings is 2. The third-order valence-corrected chi connectivity index (χ3v) is 5.32. The SMILES string of the molecule is C[C@@H]1CC(=O)Nc2ccccc2N1C(=O)CSC[C@H](O)c1ccccc1. The van der Waals surface area contributed by atoms with Crippen molar-refractivity contribution in [3.63, 3.8) is 0 Å². The first-order valence-electron chi connectivity index (χ1n) is 8.58. The highest BCUT2D eigenvalue weighted by Crippen LogP contribution is 2.32. The monoisotopic (exact) mass is 370 g/mol. The van der Waals surface area contributed by atoms with Gasteiger partial charge in [0.2, 0.25) is 11.8 Å². The Labute approximate surface area is 157 Å². The zero-order valence-corrected chi connectivity index (χ0v) is 15.4. The summed E-state index contributed by atoms with van der Waals surface area (Å²) in [6.45, 7) is 1.88. The average molecular weight is 370 g/mol. The highest BCUT2D eigenvalue weighted by atomic mass is 32.2. The quantitative estimate of drug-likeness (QED) is 0.848. The maximum absolute atomic E-state index is 12.8. The minimum absolute atomic E-state index is 0.0632. The highest BCUT2D eigenvalue weighted by Gasteiger charge is 2.29. The van der Waals surface area contributed by atoms with Gasteiger partial charge in [-0.15, -0.1) is 11.8 Å². The number of nitrogens with one attached hydrogen (secondary N) is 1. The van der Waals surface area contributed by atoms with Gasteiger partial charge < -0.3 is 15.3 Å². The van der Waals surface area contributed by atoms with Gasteiger partial charge in [0.25, 0.3) is 0 Å². The van der Waals surface area contributed by atoms with Crippen molar-refractivity contribution in [1.82, 2.24) is 0 Å². The summed E-state index contributed by atoms with van der Waals surface area (Å²) in [5.41, 5.74) is 2.22. The number of nitrogens with zero attached hydrogens (tertiary/aromatic N) is 1. The van der Waals surface area contributed by atoms with Crippen molar-refractivity contribution >= 4 is 35.0 Å². The van der Waals surface area contributed by atoms with Crippen molar-refractivity contribution in [3.05, 3.63) is 60.2 Å². The van der Waals surface area contributed by atoms with Crippen LogP contribution in [0.3, 0.4) is 0 Å². The summed E-state index contributed by atoms with van der Waals surface area (Å²) in [5.74, 6) is 0.534. The van der Waals surface area contributed by atoms with Crippen LogP contribution in [-0.4, -0.2) is 34.5 Å². The number of rotatable bonds is 5. The molecule has 0 aliphatic carbocycles. The van der Waals surface area contributed by atoms with Gasteiger partial charge in [0.15, 0.2) is 0 Å².